The summed E-state index contributed by atoms with van der Waals surface area (Å²) in [5, 5.41) is 16.7. The minimum atomic E-state index is -0.930. The van der Waals surface area contributed by atoms with E-state index in [9.17, 15) is 14.7 Å². The summed E-state index contributed by atoms with van der Waals surface area (Å²) < 4.78 is 10.8. The molecule has 9 nitrogen and oxygen atoms in total. The molecule has 0 saturated carbocycles. The molecular formula is C25H36N4O5. The van der Waals surface area contributed by atoms with Gasteiger partial charge >= 0.3 is 0 Å². The molecule has 1 atom stereocenters. The number of amides is 2. The molecule has 1 aromatic heterocycles. The molecule has 2 heterocycles. The van der Waals surface area contributed by atoms with Gasteiger partial charge in [-0.3, -0.25) is 14.6 Å². The molecule has 0 saturated heterocycles. The summed E-state index contributed by atoms with van der Waals surface area (Å²) in [4.78, 5) is 33.1. The second-order valence-electron chi connectivity index (χ2n) is 8.26. The van der Waals surface area contributed by atoms with Crippen molar-refractivity contribution < 1.29 is 24.2 Å². The molecule has 1 aliphatic heterocycles. The number of fused-ring (bicyclic) bond motifs is 3. The molecule has 1 aliphatic rings. The Morgan fingerprint density at radius 3 is 2.44 bits per heavy atom. The van der Waals surface area contributed by atoms with Crippen LogP contribution in [0.5, 0.6) is 0 Å². The number of aromatic nitrogens is 1. The zero-order valence-corrected chi connectivity index (χ0v) is 20.9. The number of likely N-dealkylation sites (N-methyl/N-ethyl adjacent to an activating group) is 1. The average Bonchev–Trinajstić information content (AvgIpc) is 3.16. The molecule has 0 aliphatic carbocycles. The lowest BCUT2D eigenvalue weighted by molar-refractivity contribution is -0.128. The van der Waals surface area contributed by atoms with Crippen LogP contribution >= 0.6 is 0 Å². The van der Waals surface area contributed by atoms with Gasteiger partial charge in [0.15, 0.2) is 5.82 Å². The van der Waals surface area contributed by atoms with Crippen molar-refractivity contribution in [2.75, 3.05) is 38.8 Å². The lowest BCUT2D eigenvalue weighted by atomic mass is 9.84. The Bertz CT molecular complexity index is 1030. The zero-order valence-electron chi connectivity index (χ0n) is 20.9. The molecule has 0 fully saturated rings. The van der Waals surface area contributed by atoms with Crippen LogP contribution in [-0.2, 0) is 19.1 Å². The minimum absolute atomic E-state index is 0.176. The lowest BCUT2D eigenvalue weighted by Crippen LogP contribution is -2.27. The fourth-order valence-corrected chi connectivity index (χ4v) is 3.70. The summed E-state index contributed by atoms with van der Waals surface area (Å²) in [5.41, 5.74) is 2.04. The highest BCUT2D eigenvalue weighted by Crippen LogP contribution is 2.46. The number of hydrogen-bond acceptors (Lipinski definition) is 7. The van der Waals surface area contributed by atoms with E-state index in [0.29, 0.717) is 36.7 Å². The molecule has 9 heteroatoms. The van der Waals surface area contributed by atoms with Gasteiger partial charge in [-0.1, -0.05) is 32.0 Å². The Morgan fingerprint density at radius 2 is 1.79 bits per heavy atom. The van der Waals surface area contributed by atoms with Gasteiger partial charge in [0, 0.05) is 25.0 Å². The summed E-state index contributed by atoms with van der Waals surface area (Å²) in [6.07, 6.45) is 0.447. The molecule has 34 heavy (non-hydrogen) atoms. The summed E-state index contributed by atoms with van der Waals surface area (Å²) in [6, 6.07) is 7.64. The maximum atomic E-state index is 12.5. The third-order valence-corrected chi connectivity index (χ3v) is 5.07. The normalized spacial score (nSPS) is 14.7. The predicted octanol–water partition coefficient (Wildman–Crippen LogP) is 3.33. The van der Waals surface area contributed by atoms with Gasteiger partial charge in [-0.05, 0) is 38.8 Å². The summed E-state index contributed by atoms with van der Waals surface area (Å²) in [6.45, 7) is 9.79. The molecule has 1 aromatic carbocycles. The number of para-hydroxylation sites is 1. The Labute approximate surface area is 201 Å². The maximum absolute atomic E-state index is 12.5. The standard InChI is InChI=1S/C23H30N4O5.C2H6/c1-5-31-11-17-15(10-23(2,3)30)20-14-8-6-7-9-16(14)26-22(21(20)25-17)27-19(29)13-32-12-18(28)24-4;1-2/h6-9,15,30H,5,10-13H2,1-4H3,(H,24,28)(H,26,27,29);1-2H3. The van der Waals surface area contributed by atoms with E-state index in [1.165, 1.54) is 7.05 Å². The molecule has 2 aromatic rings. The van der Waals surface area contributed by atoms with Crippen molar-refractivity contribution in [3.05, 3.63) is 29.8 Å². The first kappa shape index (κ1) is 27.4. The monoisotopic (exact) mass is 472 g/mol. The number of carbonyl (C=O) groups is 2. The SMILES string of the molecule is CC.CCOCC1=Nc2c(NC(=O)COCC(=O)NC)nc3ccccc3c2C1CC(C)(C)O. The molecule has 0 spiro atoms. The molecule has 2 amide bonds. The summed E-state index contributed by atoms with van der Waals surface area (Å²) in [5.74, 6) is -0.613. The Hall–Kier alpha value is -2.88. The van der Waals surface area contributed by atoms with Crippen LogP contribution in [0.15, 0.2) is 29.3 Å². The third-order valence-electron chi connectivity index (χ3n) is 5.07. The third kappa shape index (κ3) is 7.06. The first-order valence-corrected chi connectivity index (χ1v) is 11.6. The van der Waals surface area contributed by atoms with Gasteiger partial charge in [0.2, 0.25) is 5.91 Å². The van der Waals surface area contributed by atoms with Crippen molar-refractivity contribution >= 4 is 39.9 Å². The average molecular weight is 473 g/mol. The number of hydrogen-bond donors (Lipinski definition) is 3. The van der Waals surface area contributed by atoms with Crippen LogP contribution in [0.4, 0.5) is 11.5 Å². The number of aliphatic hydroxyl groups is 1. The topological polar surface area (TPSA) is 122 Å². The first-order chi connectivity index (χ1) is 16.2. The highest BCUT2D eigenvalue weighted by atomic mass is 16.5. The highest BCUT2D eigenvalue weighted by Gasteiger charge is 2.35. The molecule has 0 bridgehead atoms. The van der Waals surface area contributed by atoms with E-state index in [0.717, 1.165) is 16.7 Å². The number of pyridine rings is 1. The van der Waals surface area contributed by atoms with Gasteiger partial charge in [-0.25, -0.2) is 4.98 Å². The Balaban J connectivity index is 0.00000199. The van der Waals surface area contributed by atoms with E-state index >= 15 is 0 Å². The number of ether oxygens (including phenoxy) is 2. The van der Waals surface area contributed by atoms with Gasteiger partial charge < -0.3 is 25.2 Å². The van der Waals surface area contributed by atoms with E-state index in [4.69, 9.17) is 14.5 Å². The summed E-state index contributed by atoms with van der Waals surface area (Å²) in [7, 11) is 1.50. The fraction of sp³-hybridized carbons (Fsp3) is 0.520. The number of rotatable bonds is 10. The number of benzene rings is 1. The lowest BCUT2D eigenvalue weighted by Gasteiger charge is -2.24. The Kier molecular flexibility index (Phi) is 10.1. The number of nitrogens with one attached hydrogen (secondary N) is 2. The second kappa shape index (κ2) is 12.5. The van der Waals surface area contributed by atoms with Crippen LogP contribution in [-0.4, -0.2) is 66.7 Å². The predicted molar refractivity (Wildman–Crippen MR) is 134 cm³/mol. The first-order valence-electron chi connectivity index (χ1n) is 11.6. The van der Waals surface area contributed by atoms with E-state index in [-0.39, 0.29) is 25.0 Å². The minimum Gasteiger partial charge on any atom is -0.390 e. The number of nitrogens with zero attached hydrogens (tertiary/aromatic N) is 2. The van der Waals surface area contributed by atoms with Crippen LogP contribution in [0.3, 0.4) is 0 Å². The van der Waals surface area contributed by atoms with Gasteiger partial charge in [0.05, 0.1) is 23.4 Å². The van der Waals surface area contributed by atoms with Crippen LogP contribution in [0.2, 0.25) is 0 Å². The van der Waals surface area contributed by atoms with Crippen LogP contribution < -0.4 is 10.6 Å². The Morgan fingerprint density at radius 1 is 1.12 bits per heavy atom. The summed E-state index contributed by atoms with van der Waals surface area (Å²) >= 11 is 0. The smallest absolute Gasteiger partial charge is 0.251 e. The quantitative estimate of drug-likeness (QED) is 0.488. The van der Waals surface area contributed by atoms with Gasteiger partial charge in [0.25, 0.3) is 5.91 Å². The highest BCUT2D eigenvalue weighted by molar-refractivity contribution is 6.08. The molecule has 0 radical (unpaired) electrons. The van der Waals surface area contributed by atoms with Gasteiger partial charge in [-0.2, -0.15) is 0 Å². The van der Waals surface area contributed by atoms with Crippen LogP contribution in [0.25, 0.3) is 10.9 Å². The maximum Gasteiger partial charge on any atom is 0.251 e. The van der Waals surface area contributed by atoms with Crippen LogP contribution in [0, 0.1) is 0 Å². The van der Waals surface area contributed by atoms with Gasteiger partial charge in [-0.15, -0.1) is 0 Å². The molecular weight excluding hydrogens is 436 g/mol. The number of anilines is 1. The van der Waals surface area contributed by atoms with E-state index in [2.05, 4.69) is 15.6 Å². The molecule has 186 valence electrons. The largest absolute Gasteiger partial charge is 0.390 e. The van der Waals surface area contributed by atoms with Gasteiger partial charge in [0.1, 0.15) is 18.9 Å². The second-order valence-corrected chi connectivity index (χ2v) is 8.26. The molecule has 3 rings (SSSR count). The van der Waals surface area contributed by atoms with Crippen molar-refractivity contribution in [2.24, 2.45) is 4.99 Å². The van der Waals surface area contributed by atoms with E-state index in [1.807, 2.05) is 45.0 Å². The van der Waals surface area contributed by atoms with E-state index < -0.39 is 11.5 Å². The van der Waals surface area contributed by atoms with Crippen molar-refractivity contribution in [2.45, 2.75) is 52.6 Å². The van der Waals surface area contributed by atoms with Crippen LogP contribution in [0.1, 0.15) is 52.5 Å². The number of aliphatic imine (C=N–C) groups is 1. The molecule has 3 N–H and O–H groups in total. The number of carbonyl (C=O) groups excluding carboxylic acids is 2. The zero-order chi connectivity index (χ0) is 25.3. The fourth-order valence-electron chi connectivity index (χ4n) is 3.70. The van der Waals surface area contributed by atoms with Crippen molar-refractivity contribution in [3.63, 3.8) is 0 Å². The molecule has 1 unspecified atom stereocenters. The van der Waals surface area contributed by atoms with Crippen molar-refractivity contribution in [1.82, 2.24) is 10.3 Å². The van der Waals surface area contributed by atoms with E-state index in [1.54, 1.807) is 13.8 Å². The van der Waals surface area contributed by atoms with Crippen molar-refractivity contribution in [1.29, 1.82) is 0 Å². The van der Waals surface area contributed by atoms with Crippen molar-refractivity contribution in [3.8, 4) is 0 Å².